The maximum absolute atomic E-state index is 12.9. The van der Waals surface area contributed by atoms with Crippen LogP contribution < -0.4 is 0 Å². The van der Waals surface area contributed by atoms with Gasteiger partial charge in [0.1, 0.15) is 6.04 Å². The number of carbonyl (C=O) groups is 2. The van der Waals surface area contributed by atoms with E-state index in [9.17, 15) is 9.59 Å². The molecule has 0 spiro atoms. The molecule has 0 aromatic carbocycles. The van der Waals surface area contributed by atoms with Gasteiger partial charge in [-0.1, -0.05) is 12.8 Å². The molecule has 3 rings (SSSR count). The van der Waals surface area contributed by atoms with Gasteiger partial charge >= 0.3 is 0 Å². The van der Waals surface area contributed by atoms with Gasteiger partial charge in [-0.25, -0.2) is 0 Å². The van der Waals surface area contributed by atoms with Crippen molar-refractivity contribution in [2.45, 2.75) is 62.3 Å². The summed E-state index contributed by atoms with van der Waals surface area (Å²) in [5.74, 6) is 0.402. The Morgan fingerprint density at radius 1 is 1.00 bits per heavy atom. The summed E-state index contributed by atoms with van der Waals surface area (Å²) in [6.07, 6.45) is 9.31. The zero-order chi connectivity index (χ0) is 14.1. The Morgan fingerprint density at radius 2 is 1.80 bits per heavy atom. The van der Waals surface area contributed by atoms with Crippen LogP contribution in [-0.4, -0.2) is 58.3 Å². The Kier molecular flexibility index (Phi) is 4.24. The normalized spacial score (nSPS) is 35.1. The monoisotopic (exact) mass is 296 g/mol. The van der Waals surface area contributed by atoms with Gasteiger partial charge in [-0.2, -0.15) is 11.8 Å². The SMILES string of the molecule is CSC1CCCCC1N1CCC(=O)N2CCCC2C1=O. The standard InChI is InChI=1S/C15H24N2O2S/c1-20-13-7-3-2-5-11(13)17-10-8-14(18)16-9-4-6-12(16)15(17)19/h11-13H,2-10H2,1H3. The van der Waals surface area contributed by atoms with Crippen molar-refractivity contribution >= 4 is 23.6 Å². The summed E-state index contributed by atoms with van der Waals surface area (Å²) in [5, 5.41) is 0.552. The molecule has 3 unspecified atom stereocenters. The first-order valence-corrected chi connectivity index (χ1v) is 9.14. The highest BCUT2D eigenvalue weighted by atomic mass is 32.2. The van der Waals surface area contributed by atoms with Crippen molar-refractivity contribution in [2.75, 3.05) is 19.3 Å². The van der Waals surface area contributed by atoms with Gasteiger partial charge in [-0.3, -0.25) is 9.59 Å². The number of amides is 2. The summed E-state index contributed by atoms with van der Waals surface area (Å²) in [5.41, 5.74) is 0. The molecule has 5 heteroatoms. The lowest BCUT2D eigenvalue weighted by molar-refractivity contribution is -0.140. The molecule has 2 aliphatic heterocycles. The quantitative estimate of drug-likeness (QED) is 0.781. The van der Waals surface area contributed by atoms with Crippen LogP contribution in [0.3, 0.4) is 0 Å². The molecule has 2 saturated heterocycles. The second kappa shape index (κ2) is 5.96. The molecule has 1 aliphatic carbocycles. The van der Waals surface area contributed by atoms with E-state index in [0.29, 0.717) is 24.3 Å². The Labute approximate surface area is 125 Å². The number of rotatable bonds is 2. The smallest absolute Gasteiger partial charge is 0.245 e. The average molecular weight is 296 g/mol. The first kappa shape index (κ1) is 14.2. The lowest BCUT2D eigenvalue weighted by Crippen LogP contribution is -2.51. The summed E-state index contributed by atoms with van der Waals surface area (Å²) in [4.78, 5) is 28.9. The van der Waals surface area contributed by atoms with Crippen LogP contribution in [0.2, 0.25) is 0 Å². The van der Waals surface area contributed by atoms with E-state index in [0.717, 1.165) is 25.8 Å². The zero-order valence-electron chi connectivity index (χ0n) is 12.2. The Hall–Kier alpha value is -0.710. The van der Waals surface area contributed by atoms with E-state index in [-0.39, 0.29) is 17.9 Å². The van der Waals surface area contributed by atoms with Crippen molar-refractivity contribution in [1.29, 1.82) is 0 Å². The summed E-state index contributed by atoms with van der Waals surface area (Å²) in [6.45, 7) is 1.41. The largest absolute Gasteiger partial charge is 0.336 e. The van der Waals surface area contributed by atoms with Crippen molar-refractivity contribution in [3.8, 4) is 0 Å². The minimum absolute atomic E-state index is 0.158. The van der Waals surface area contributed by atoms with Crippen LogP contribution in [0.15, 0.2) is 0 Å². The van der Waals surface area contributed by atoms with Gasteiger partial charge in [0, 0.05) is 30.8 Å². The molecule has 112 valence electrons. The summed E-state index contributed by atoms with van der Waals surface area (Å²) < 4.78 is 0. The van der Waals surface area contributed by atoms with Gasteiger partial charge in [-0.05, 0) is 31.9 Å². The van der Waals surface area contributed by atoms with Gasteiger partial charge in [-0.15, -0.1) is 0 Å². The lowest BCUT2D eigenvalue weighted by Gasteiger charge is -2.39. The van der Waals surface area contributed by atoms with Gasteiger partial charge in [0.2, 0.25) is 11.8 Å². The molecule has 3 fully saturated rings. The molecular weight excluding hydrogens is 272 g/mol. The van der Waals surface area contributed by atoms with Crippen LogP contribution in [0.25, 0.3) is 0 Å². The topological polar surface area (TPSA) is 40.6 Å². The predicted octanol–water partition coefficient (Wildman–Crippen LogP) is 1.88. The Bertz CT molecular complexity index is 401. The molecule has 2 heterocycles. The fourth-order valence-electron chi connectivity index (χ4n) is 4.02. The van der Waals surface area contributed by atoms with Gasteiger partial charge in [0.25, 0.3) is 0 Å². The predicted molar refractivity (Wildman–Crippen MR) is 80.6 cm³/mol. The van der Waals surface area contributed by atoms with Crippen LogP contribution in [0.1, 0.15) is 44.9 Å². The Balaban J connectivity index is 1.81. The van der Waals surface area contributed by atoms with E-state index in [4.69, 9.17) is 0 Å². The van der Waals surface area contributed by atoms with E-state index >= 15 is 0 Å². The third-order valence-corrected chi connectivity index (χ3v) is 6.23. The fraction of sp³-hybridized carbons (Fsp3) is 0.867. The van der Waals surface area contributed by atoms with Crippen molar-refractivity contribution in [3.63, 3.8) is 0 Å². The first-order chi connectivity index (χ1) is 9.72. The second-order valence-electron chi connectivity index (χ2n) is 6.15. The molecule has 4 nitrogen and oxygen atoms in total. The van der Waals surface area contributed by atoms with E-state index in [2.05, 4.69) is 11.2 Å². The number of fused-ring (bicyclic) bond motifs is 1. The van der Waals surface area contributed by atoms with E-state index in [1.54, 1.807) is 0 Å². The van der Waals surface area contributed by atoms with Crippen molar-refractivity contribution in [1.82, 2.24) is 9.80 Å². The van der Waals surface area contributed by atoms with E-state index < -0.39 is 0 Å². The van der Waals surface area contributed by atoms with Crippen LogP contribution >= 0.6 is 11.8 Å². The third kappa shape index (κ3) is 2.45. The lowest BCUT2D eigenvalue weighted by atomic mass is 9.93. The second-order valence-corrected chi connectivity index (χ2v) is 7.23. The number of nitrogens with zero attached hydrogens (tertiary/aromatic N) is 2. The van der Waals surface area contributed by atoms with Gasteiger partial charge < -0.3 is 9.80 Å². The molecule has 0 radical (unpaired) electrons. The van der Waals surface area contributed by atoms with Gasteiger partial charge in [0.15, 0.2) is 0 Å². The van der Waals surface area contributed by atoms with Gasteiger partial charge in [0.05, 0.1) is 0 Å². The minimum Gasteiger partial charge on any atom is -0.336 e. The van der Waals surface area contributed by atoms with Crippen LogP contribution in [0.4, 0.5) is 0 Å². The van der Waals surface area contributed by atoms with Crippen LogP contribution in [0, 0.1) is 0 Å². The number of hydrogen-bond acceptors (Lipinski definition) is 3. The van der Waals surface area contributed by atoms with Crippen molar-refractivity contribution < 1.29 is 9.59 Å². The molecule has 20 heavy (non-hydrogen) atoms. The summed E-state index contributed by atoms with van der Waals surface area (Å²) >= 11 is 1.89. The molecule has 1 saturated carbocycles. The number of hydrogen-bond donors (Lipinski definition) is 0. The van der Waals surface area contributed by atoms with E-state index in [1.807, 2.05) is 16.7 Å². The van der Waals surface area contributed by atoms with E-state index in [1.165, 1.54) is 19.3 Å². The molecule has 0 aromatic heterocycles. The summed E-state index contributed by atoms with van der Waals surface area (Å²) in [7, 11) is 0. The zero-order valence-corrected chi connectivity index (χ0v) is 13.0. The first-order valence-electron chi connectivity index (χ1n) is 7.85. The van der Waals surface area contributed by atoms with Crippen LogP contribution in [0.5, 0.6) is 0 Å². The highest BCUT2D eigenvalue weighted by Gasteiger charge is 2.43. The molecule has 0 N–H and O–H groups in total. The van der Waals surface area contributed by atoms with Crippen molar-refractivity contribution in [2.24, 2.45) is 0 Å². The highest BCUT2D eigenvalue weighted by molar-refractivity contribution is 7.99. The van der Waals surface area contributed by atoms with Crippen molar-refractivity contribution in [3.05, 3.63) is 0 Å². The Morgan fingerprint density at radius 3 is 2.60 bits per heavy atom. The minimum atomic E-state index is -0.158. The number of thioether (sulfide) groups is 1. The molecule has 0 aromatic rings. The number of carbonyl (C=O) groups excluding carboxylic acids is 2. The molecule has 2 amide bonds. The molecule has 3 aliphatic rings. The molecule has 0 bridgehead atoms. The third-order valence-electron chi connectivity index (χ3n) is 5.08. The fourth-order valence-corrected chi connectivity index (χ4v) is 5.02. The molecule has 3 atom stereocenters. The maximum Gasteiger partial charge on any atom is 0.245 e. The maximum atomic E-state index is 12.9. The summed E-state index contributed by atoms with van der Waals surface area (Å²) in [6, 6.07) is 0.189. The highest BCUT2D eigenvalue weighted by Crippen LogP contribution is 2.33. The average Bonchev–Trinajstić information content (AvgIpc) is 2.93. The molecular formula is C15H24N2O2S. The van der Waals surface area contributed by atoms with Crippen LogP contribution in [-0.2, 0) is 9.59 Å².